The second-order valence-electron chi connectivity index (χ2n) is 3.09. The fourth-order valence-corrected chi connectivity index (χ4v) is 1.15. The zero-order valence-electron chi connectivity index (χ0n) is 7.87. The van der Waals surface area contributed by atoms with Crippen LogP contribution in [0, 0.1) is 6.92 Å². The van der Waals surface area contributed by atoms with Gasteiger partial charge < -0.3 is 15.2 Å². The van der Waals surface area contributed by atoms with Gasteiger partial charge >= 0.3 is 0 Å². The second-order valence-corrected chi connectivity index (χ2v) is 3.09. The highest BCUT2D eigenvalue weighted by atomic mass is 16.3. The number of hydrogen-bond acceptors (Lipinski definition) is 4. The summed E-state index contributed by atoms with van der Waals surface area (Å²) in [6.07, 6.45) is -1.57. The summed E-state index contributed by atoms with van der Waals surface area (Å²) in [5.74, 6) is -0.955. The lowest BCUT2D eigenvalue weighted by Gasteiger charge is -2.08. The zero-order chi connectivity index (χ0) is 10.9. The Morgan fingerprint density at radius 1 is 1.57 bits per heavy atom. The molecule has 5 heteroatoms. The first kappa shape index (κ1) is 10.5. The van der Waals surface area contributed by atoms with Crippen molar-refractivity contribution in [2.24, 2.45) is 0 Å². The summed E-state index contributed by atoms with van der Waals surface area (Å²) in [5, 5.41) is 18.7. The number of Topliss-reactive ketones (excluding diaryl/α,β-unsaturated/α-hetero) is 1. The monoisotopic (exact) mass is 197 g/mol. The molecule has 1 rings (SSSR count). The van der Waals surface area contributed by atoms with Crippen LogP contribution in [0.15, 0.2) is 10.9 Å². The molecule has 0 spiro atoms. The number of aromatic amines is 1. The normalized spacial score (nSPS) is 12.5. The third kappa shape index (κ3) is 1.82. The largest absolute Gasteiger partial charge is 0.507 e. The maximum Gasteiger partial charge on any atom is 0.258 e. The van der Waals surface area contributed by atoms with Gasteiger partial charge in [0.05, 0.1) is 5.56 Å². The Bertz CT molecular complexity index is 421. The topological polar surface area (TPSA) is 90.4 Å². The molecule has 0 aliphatic rings. The van der Waals surface area contributed by atoms with E-state index in [0.29, 0.717) is 5.69 Å². The van der Waals surface area contributed by atoms with Crippen molar-refractivity contribution in [3.05, 3.63) is 27.7 Å². The van der Waals surface area contributed by atoms with Crippen LogP contribution in [0.2, 0.25) is 0 Å². The smallest absolute Gasteiger partial charge is 0.258 e. The van der Waals surface area contributed by atoms with E-state index in [1.165, 1.54) is 6.07 Å². The van der Waals surface area contributed by atoms with Crippen LogP contribution >= 0.6 is 0 Å². The Hall–Kier alpha value is -1.62. The van der Waals surface area contributed by atoms with Crippen LogP contribution in [-0.4, -0.2) is 21.0 Å². The van der Waals surface area contributed by atoms with Crippen LogP contribution in [0.5, 0.6) is 5.75 Å². The number of rotatable bonds is 2. The highest BCUT2D eigenvalue weighted by Crippen LogP contribution is 2.20. The standard InChI is InChI=1S/C9H11NO4/c1-4-3-6(12)7(9(14)10-4)8(13)5(2)11/h3,8,13H,1-2H3,(H2,10,12,14). The SMILES string of the molecule is CC(=O)C(O)c1c(O)cc(C)[nH]c1=O. The molecule has 0 bridgehead atoms. The van der Waals surface area contributed by atoms with Crippen LogP contribution in [0.25, 0.3) is 0 Å². The number of aliphatic hydroxyl groups is 1. The Labute approximate surface area is 80.0 Å². The van der Waals surface area contributed by atoms with E-state index < -0.39 is 17.4 Å². The number of hydrogen-bond donors (Lipinski definition) is 3. The van der Waals surface area contributed by atoms with Gasteiger partial charge in [0.1, 0.15) is 11.9 Å². The minimum absolute atomic E-state index is 0.303. The van der Waals surface area contributed by atoms with E-state index >= 15 is 0 Å². The van der Waals surface area contributed by atoms with Gasteiger partial charge in [-0.1, -0.05) is 0 Å². The van der Waals surface area contributed by atoms with E-state index in [1.807, 2.05) is 0 Å². The van der Waals surface area contributed by atoms with E-state index in [4.69, 9.17) is 0 Å². The van der Waals surface area contributed by atoms with Crippen LogP contribution in [0.1, 0.15) is 24.3 Å². The number of aryl methyl sites for hydroxylation is 1. The minimum Gasteiger partial charge on any atom is -0.507 e. The highest BCUT2D eigenvalue weighted by molar-refractivity contribution is 5.82. The average Bonchev–Trinajstić information content (AvgIpc) is 2.01. The fraction of sp³-hybridized carbons (Fsp3) is 0.333. The Balaban J connectivity index is 3.35. The predicted molar refractivity (Wildman–Crippen MR) is 49.1 cm³/mol. The number of ketones is 1. The molecule has 1 unspecified atom stereocenters. The first-order chi connectivity index (χ1) is 6.43. The van der Waals surface area contributed by atoms with Crippen LogP contribution in [0.3, 0.4) is 0 Å². The number of H-pyrrole nitrogens is 1. The van der Waals surface area contributed by atoms with Gasteiger partial charge in [-0.15, -0.1) is 0 Å². The number of aromatic hydroxyl groups is 1. The molecular weight excluding hydrogens is 186 g/mol. The number of carbonyl (C=O) groups is 1. The molecule has 5 nitrogen and oxygen atoms in total. The average molecular weight is 197 g/mol. The number of aliphatic hydroxyl groups excluding tert-OH is 1. The molecule has 0 saturated heterocycles. The van der Waals surface area contributed by atoms with Crippen molar-refractivity contribution >= 4 is 5.78 Å². The van der Waals surface area contributed by atoms with Crippen LogP contribution < -0.4 is 5.56 Å². The van der Waals surface area contributed by atoms with Gasteiger partial charge in [-0.3, -0.25) is 9.59 Å². The Morgan fingerprint density at radius 3 is 2.57 bits per heavy atom. The van der Waals surface area contributed by atoms with Gasteiger partial charge in [0.15, 0.2) is 5.78 Å². The van der Waals surface area contributed by atoms with Gasteiger partial charge in [0.25, 0.3) is 5.56 Å². The molecule has 0 saturated carbocycles. The van der Waals surface area contributed by atoms with Gasteiger partial charge in [-0.2, -0.15) is 0 Å². The van der Waals surface area contributed by atoms with E-state index in [1.54, 1.807) is 6.92 Å². The summed E-state index contributed by atoms with van der Waals surface area (Å²) >= 11 is 0. The summed E-state index contributed by atoms with van der Waals surface area (Å²) in [4.78, 5) is 24.5. The van der Waals surface area contributed by atoms with Gasteiger partial charge in [-0.25, -0.2) is 0 Å². The summed E-state index contributed by atoms with van der Waals surface area (Å²) in [6, 6.07) is 1.28. The summed E-state index contributed by atoms with van der Waals surface area (Å²) in [7, 11) is 0. The Kier molecular flexibility index (Phi) is 2.71. The third-order valence-electron chi connectivity index (χ3n) is 1.84. The molecular formula is C9H11NO4. The molecule has 0 aliphatic carbocycles. The summed E-state index contributed by atoms with van der Waals surface area (Å²) < 4.78 is 0. The number of carbonyl (C=O) groups excluding carboxylic acids is 1. The number of aromatic nitrogens is 1. The van der Waals surface area contributed by atoms with Crippen molar-refractivity contribution in [2.75, 3.05) is 0 Å². The van der Waals surface area contributed by atoms with Crippen molar-refractivity contribution in [1.29, 1.82) is 0 Å². The maximum absolute atomic E-state index is 11.3. The van der Waals surface area contributed by atoms with Crippen molar-refractivity contribution in [1.82, 2.24) is 4.98 Å². The molecule has 1 atom stereocenters. The first-order valence-electron chi connectivity index (χ1n) is 4.04. The van der Waals surface area contributed by atoms with Crippen molar-refractivity contribution in [3.8, 4) is 5.75 Å². The molecule has 0 aromatic carbocycles. The molecule has 0 fully saturated rings. The van der Waals surface area contributed by atoms with Gasteiger partial charge in [-0.05, 0) is 19.9 Å². The molecule has 0 radical (unpaired) electrons. The highest BCUT2D eigenvalue weighted by Gasteiger charge is 2.20. The lowest BCUT2D eigenvalue weighted by atomic mass is 10.1. The van der Waals surface area contributed by atoms with E-state index in [9.17, 15) is 19.8 Å². The van der Waals surface area contributed by atoms with Gasteiger partial charge in [0, 0.05) is 5.69 Å². The van der Waals surface area contributed by atoms with E-state index in [0.717, 1.165) is 6.92 Å². The molecule has 14 heavy (non-hydrogen) atoms. The number of pyridine rings is 1. The molecule has 1 aromatic heterocycles. The Morgan fingerprint density at radius 2 is 2.14 bits per heavy atom. The summed E-state index contributed by atoms with van der Waals surface area (Å²) in [6.45, 7) is 2.73. The lowest BCUT2D eigenvalue weighted by Crippen LogP contribution is -2.21. The number of nitrogens with one attached hydrogen (secondary N) is 1. The summed E-state index contributed by atoms with van der Waals surface area (Å²) in [5.41, 5.74) is -0.486. The van der Waals surface area contributed by atoms with Crippen molar-refractivity contribution in [2.45, 2.75) is 20.0 Å². The van der Waals surface area contributed by atoms with Crippen molar-refractivity contribution < 1.29 is 15.0 Å². The fourth-order valence-electron chi connectivity index (χ4n) is 1.15. The quantitative estimate of drug-likeness (QED) is 0.623. The lowest BCUT2D eigenvalue weighted by molar-refractivity contribution is -0.125. The molecule has 0 amide bonds. The molecule has 1 aromatic rings. The molecule has 1 heterocycles. The molecule has 3 N–H and O–H groups in total. The minimum atomic E-state index is -1.57. The second kappa shape index (κ2) is 3.63. The molecule has 76 valence electrons. The first-order valence-corrected chi connectivity index (χ1v) is 4.04. The van der Waals surface area contributed by atoms with Crippen LogP contribution in [0.4, 0.5) is 0 Å². The third-order valence-corrected chi connectivity index (χ3v) is 1.84. The van der Waals surface area contributed by atoms with Crippen LogP contribution in [-0.2, 0) is 4.79 Å². The van der Waals surface area contributed by atoms with Gasteiger partial charge in [0.2, 0.25) is 0 Å². The predicted octanol–water partition coefficient (Wildman–Crippen LogP) is 0.0113. The van der Waals surface area contributed by atoms with E-state index in [-0.39, 0.29) is 11.3 Å². The molecule has 0 aliphatic heterocycles. The maximum atomic E-state index is 11.3. The van der Waals surface area contributed by atoms with E-state index in [2.05, 4.69) is 4.98 Å². The zero-order valence-corrected chi connectivity index (χ0v) is 7.87. The van der Waals surface area contributed by atoms with Crippen molar-refractivity contribution in [3.63, 3.8) is 0 Å².